The Balaban J connectivity index is 2.16. The lowest BCUT2D eigenvalue weighted by molar-refractivity contribution is 0.170. The van der Waals surface area contributed by atoms with E-state index in [4.69, 9.17) is 5.73 Å². The van der Waals surface area contributed by atoms with Gasteiger partial charge in [-0.15, -0.1) is 0 Å². The highest BCUT2D eigenvalue weighted by molar-refractivity contribution is 5.24. The van der Waals surface area contributed by atoms with E-state index < -0.39 is 6.10 Å². The predicted molar refractivity (Wildman–Crippen MR) is 57.8 cm³/mol. The summed E-state index contributed by atoms with van der Waals surface area (Å²) in [6.07, 6.45) is 4.61. The van der Waals surface area contributed by atoms with Crippen molar-refractivity contribution in [1.29, 1.82) is 0 Å². The summed E-state index contributed by atoms with van der Waals surface area (Å²) in [6.45, 7) is 0.450. The van der Waals surface area contributed by atoms with Crippen molar-refractivity contribution < 1.29 is 5.11 Å². The zero-order chi connectivity index (χ0) is 11.4. The van der Waals surface area contributed by atoms with Crippen molar-refractivity contribution in [3.05, 3.63) is 36.5 Å². The molecule has 2 aromatic heterocycles. The van der Waals surface area contributed by atoms with Gasteiger partial charge < -0.3 is 10.8 Å². The van der Waals surface area contributed by atoms with Gasteiger partial charge in [0.25, 0.3) is 0 Å². The fourth-order valence-electron chi connectivity index (χ4n) is 1.38. The summed E-state index contributed by atoms with van der Waals surface area (Å²) in [7, 11) is 0. The van der Waals surface area contributed by atoms with Crippen molar-refractivity contribution in [3.63, 3.8) is 0 Å². The first-order valence-corrected chi connectivity index (χ1v) is 5.00. The molecule has 2 aromatic rings. The smallest absolute Gasteiger partial charge is 0.155 e. The van der Waals surface area contributed by atoms with Crippen molar-refractivity contribution >= 4 is 0 Å². The number of hydrogen-bond acceptors (Lipinski definition) is 5. The number of rotatable bonds is 4. The van der Waals surface area contributed by atoms with Gasteiger partial charge in [0.15, 0.2) is 5.82 Å². The van der Waals surface area contributed by atoms with Crippen LogP contribution in [0.4, 0.5) is 0 Å². The molecule has 0 saturated heterocycles. The van der Waals surface area contributed by atoms with E-state index in [1.165, 1.54) is 6.33 Å². The minimum absolute atomic E-state index is 0.450. The maximum absolute atomic E-state index is 9.69. The van der Waals surface area contributed by atoms with E-state index in [2.05, 4.69) is 15.1 Å². The molecule has 6 heteroatoms. The molecule has 0 fully saturated rings. The number of hydrogen-bond donors (Lipinski definition) is 2. The third-order valence-electron chi connectivity index (χ3n) is 2.25. The van der Waals surface area contributed by atoms with Gasteiger partial charge in [0.2, 0.25) is 0 Å². The van der Waals surface area contributed by atoms with E-state index in [0.717, 1.165) is 5.56 Å². The molecule has 16 heavy (non-hydrogen) atoms. The van der Waals surface area contributed by atoms with Gasteiger partial charge in [-0.1, -0.05) is 6.07 Å². The topological polar surface area (TPSA) is 89.8 Å². The van der Waals surface area contributed by atoms with Crippen LogP contribution >= 0.6 is 0 Å². The standard InChI is InChI=1S/C10H13N5O/c11-4-3-9(16)8-1-2-10(13-5-8)15-7-12-6-14-15/h1-2,5-7,9,16H,3-4,11H2/t9-/m0/s1. The summed E-state index contributed by atoms with van der Waals surface area (Å²) in [4.78, 5) is 8.02. The van der Waals surface area contributed by atoms with Crippen molar-refractivity contribution in [1.82, 2.24) is 19.7 Å². The van der Waals surface area contributed by atoms with Crippen LogP contribution in [-0.2, 0) is 0 Å². The van der Waals surface area contributed by atoms with E-state index in [-0.39, 0.29) is 0 Å². The summed E-state index contributed by atoms with van der Waals surface area (Å²) >= 11 is 0. The van der Waals surface area contributed by atoms with Crippen LogP contribution in [0.15, 0.2) is 31.0 Å². The van der Waals surface area contributed by atoms with Crippen LogP contribution in [-0.4, -0.2) is 31.4 Å². The zero-order valence-electron chi connectivity index (χ0n) is 8.69. The molecule has 0 unspecified atom stereocenters. The summed E-state index contributed by atoms with van der Waals surface area (Å²) in [5.74, 6) is 0.668. The molecular weight excluding hydrogens is 206 g/mol. The molecule has 2 rings (SSSR count). The molecule has 0 bridgehead atoms. The highest BCUT2D eigenvalue weighted by Crippen LogP contribution is 2.15. The van der Waals surface area contributed by atoms with E-state index in [1.54, 1.807) is 23.3 Å². The monoisotopic (exact) mass is 219 g/mol. The maximum Gasteiger partial charge on any atom is 0.155 e. The number of aliphatic hydroxyl groups is 1. The number of pyridine rings is 1. The Morgan fingerprint density at radius 1 is 1.44 bits per heavy atom. The molecule has 6 nitrogen and oxygen atoms in total. The molecule has 0 aliphatic rings. The summed E-state index contributed by atoms with van der Waals surface area (Å²) in [6, 6.07) is 3.59. The summed E-state index contributed by atoms with van der Waals surface area (Å²) in [5, 5.41) is 13.6. The van der Waals surface area contributed by atoms with Crippen LogP contribution < -0.4 is 5.73 Å². The van der Waals surface area contributed by atoms with Crippen LogP contribution in [0.2, 0.25) is 0 Å². The lowest BCUT2D eigenvalue weighted by Crippen LogP contribution is -2.07. The fourth-order valence-corrected chi connectivity index (χ4v) is 1.38. The Hall–Kier alpha value is -1.79. The number of aliphatic hydroxyl groups excluding tert-OH is 1. The van der Waals surface area contributed by atoms with Crippen LogP contribution in [0.1, 0.15) is 18.1 Å². The Labute approximate surface area is 92.8 Å². The molecule has 3 N–H and O–H groups in total. The Morgan fingerprint density at radius 2 is 2.31 bits per heavy atom. The molecular formula is C10H13N5O. The second-order valence-electron chi connectivity index (χ2n) is 3.38. The molecule has 0 radical (unpaired) electrons. The normalized spacial score (nSPS) is 12.6. The van der Waals surface area contributed by atoms with Gasteiger partial charge in [0.1, 0.15) is 12.7 Å². The number of aromatic nitrogens is 4. The average molecular weight is 219 g/mol. The molecule has 84 valence electrons. The first kappa shape index (κ1) is 10.7. The van der Waals surface area contributed by atoms with E-state index in [1.807, 2.05) is 6.07 Å². The van der Waals surface area contributed by atoms with Gasteiger partial charge in [0.05, 0.1) is 6.10 Å². The maximum atomic E-state index is 9.69. The zero-order valence-corrected chi connectivity index (χ0v) is 8.69. The van der Waals surface area contributed by atoms with Gasteiger partial charge in [-0.05, 0) is 24.6 Å². The van der Waals surface area contributed by atoms with Gasteiger partial charge in [-0.3, -0.25) is 0 Å². The van der Waals surface area contributed by atoms with Crippen LogP contribution in [0, 0.1) is 0 Å². The Bertz CT molecular complexity index is 425. The molecule has 0 amide bonds. The molecule has 0 aliphatic carbocycles. The first-order valence-electron chi connectivity index (χ1n) is 5.00. The fraction of sp³-hybridized carbons (Fsp3) is 0.300. The molecule has 2 heterocycles. The largest absolute Gasteiger partial charge is 0.388 e. The lowest BCUT2D eigenvalue weighted by atomic mass is 10.1. The van der Waals surface area contributed by atoms with Crippen molar-refractivity contribution in [2.24, 2.45) is 5.73 Å². The van der Waals surface area contributed by atoms with E-state index in [0.29, 0.717) is 18.8 Å². The molecule has 0 aromatic carbocycles. The highest BCUT2D eigenvalue weighted by Gasteiger charge is 2.07. The molecule has 0 aliphatic heterocycles. The van der Waals surface area contributed by atoms with Crippen LogP contribution in [0.25, 0.3) is 5.82 Å². The first-order chi connectivity index (χ1) is 7.81. The predicted octanol–water partition coefficient (Wildman–Crippen LogP) is 0.0445. The second-order valence-corrected chi connectivity index (χ2v) is 3.38. The third-order valence-corrected chi connectivity index (χ3v) is 2.25. The van der Waals surface area contributed by atoms with E-state index >= 15 is 0 Å². The van der Waals surface area contributed by atoms with Gasteiger partial charge in [0, 0.05) is 6.20 Å². The number of nitrogens with zero attached hydrogens (tertiary/aromatic N) is 4. The van der Waals surface area contributed by atoms with Crippen LogP contribution in [0.3, 0.4) is 0 Å². The van der Waals surface area contributed by atoms with Gasteiger partial charge >= 0.3 is 0 Å². The van der Waals surface area contributed by atoms with Crippen molar-refractivity contribution in [2.75, 3.05) is 6.54 Å². The summed E-state index contributed by atoms with van der Waals surface area (Å²) < 4.78 is 1.55. The van der Waals surface area contributed by atoms with E-state index in [9.17, 15) is 5.11 Å². The molecule has 1 atom stereocenters. The lowest BCUT2D eigenvalue weighted by Gasteiger charge is -2.09. The minimum Gasteiger partial charge on any atom is -0.388 e. The van der Waals surface area contributed by atoms with Crippen molar-refractivity contribution in [3.8, 4) is 5.82 Å². The SMILES string of the molecule is NCC[C@H](O)c1ccc(-n2cncn2)nc1. The minimum atomic E-state index is -0.553. The Kier molecular flexibility index (Phi) is 3.23. The van der Waals surface area contributed by atoms with Crippen LogP contribution in [0.5, 0.6) is 0 Å². The third kappa shape index (κ3) is 2.23. The van der Waals surface area contributed by atoms with Gasteiger partial charge in [-0.25, -0.2) is 14.6 Å². The summed E-state index contributed by atoms with van der Waals surface area (Å²) in [5.41, 5.74) is 6.13. The Morgan fingerprint density at radius 3 is 2.88 bits per heavy atom. The average Bonchev–Trinajstić information content (AvgIpc) is 2.83. The van der Waals surface area contributed by atoms with Crippen molar-refractivity contribution in [2.45, 2.75) is 12.5 Å². The number of nitrogens with two attached hydrogens (primary N) is 1. The second kappa shape index (κ2) is 4.82. The molecule has 0 spiro atoms. The van der Waals surface area contributed by atoms with Gasteiger partial charge in [-0.2, -0.15) is 5.10 Å². The molecule has 0 saturated carbocycles. The highest BCUT2D eigenvalue weighted by atomic mass is 16.3. The quantitative estimate of drug-likeness (QED) is 0.758.